The quantitative estimate of drug-likeness (QED) is 0.738. The molecule has 0 unspecified atom stereocenters. The lowest BCUT2D eigenvalue weighted by Crippen LogP contribution is -2.41. The predicted octanol–water partition coefficient (Wildman–Crippen LogP) is -0.290. The molecule has 0 bridgehead atoms. The molecule has 1 aliphatic rings. The van der Waals surface area contributed by atoms with Gasteiger partial charge in [0, 0.05) is 19.6 Å². The largest absolute Gasteiger partial charge is 0.481 e. The molecule has 20 heavy (non-hydrogen) atoms. The van der Waals surface area contributed by atoms with Crippen molar-refractivity contribution in [3.05, 3.63) is 0 Å². The first kappa shape index (κ1) is 15.1. The lowest BCUT2D eigenvalue weighted by molar-refractivity contribution is -0.133. The zero-order valence-corrected chi connectivity index (χ0v) is 12.7. The number of carbonyl (C=O) groups is 1. The molecule has 112 valence electrons. The zero-order chi connectivity index (χ0) is 14.8. The summed E-state index contributed by atoms with van der Waals surface area (Å²) in [7, 11) is -2.94. The highest BCUT2D eigenvalue weighted by atomic mass is 32.2. The minimum Gasteiger partial charge on any atom is -0.481 e. The maximum absolute atomic E-state index is 11.4. The molecule has 0 saturated carbocycles. The Morgan fingerprint density at radius 3 is 2.55 bits per heavy atom. The third kappa shape index (κ3) is 3.42. The van der Waals surface area contributed by atoms with Gasteiger partial charge in [-0.1, -0.05) is 11.8 Å². The van der Waals surface area contributed by atoms with E-state index in [1.807, 2.05) is 16.4 Å². The summed E-state index contributed by atoms with van der Waals surface area (Å²) in [6, 6.07) is 0. The summed E-state index contributed by atoms with van der Waals surface area (Å²) in [4.78, 5) is 12.5. The van der Waals surface area contributed by atoms with Crippen molar-refractivity contribution >= 4 is 33.5 Å². The third-order valence-electron chi connectivity index (χ3n) is 2.97. The number of carboxylic acid groups (broad SMARTS) is 1. The van der Waals surface area contributed by atoms with Crippen molar-refractivity contribution in [3.63, 3.8) is 0 Å². The molecule has 10 heteroatoms. The average molecular weight is 320 g/mol. The minimum atomic E-state index is -2.94. The first-order valence-corrected chi connectivity index (χ1v) is 8.97. The van der Waals surface area contributed by atoms with E-state index in [9.17, 15) is 13.2 Å². The monoisotopic (exact) mass is 320 g/mol. The number of carboxylic acids is 1. The fourth-order valence-corrected chi connectivity index (χ4v) is 3.86. The first-order chi connectivity index (χ1) is 9.43. The maximum atomic E-state index is 11.4. The fourth-order valence-electron chi connectivity index (χ4n) is 1.94. The van der Waals surface area contributed by atoms with Crippen molar-refractivity contribution in [1.29, 1.82) is 0 Å². The van der Waals surface area contributed by atoms with Gasteiger partial charge in [-0.25, -0.2) is 8.42 Å². The minimum absolute atomic E-state index is 0.0769. The van der Waals surface area contributed by atoms with Crippen LogP contribution in [0.5, 0.6) is 0 Å². The Hall–Kier alpha value is -1.29. The Labute approximate surface area is 121 Å². The Kier molecular flexibility index (Phi) is 4.53. The SMILES string of the molecule is CCn1c(SCC(=O)O)nnc1N1CCS(=O)(=O)CC1. The fraction of sp³-hybridized carbons (Fsp3) is 0.700. The molecule has 1 aromatic rings. The van der Waals surface area contributed by atoms with Crippen molar-refractivity contribution in [3.8, 4) is 0 Å². The van der Waals surface area contributed by atoms with Gasteiger partial charge in [0.15, 0.2) is 15.0 Å². The van der Waals surface area contributed by atoms with Gasteiger partial charge in [-0.05, 0) is 6.92 Å². The Morgan fingerprint density at radius 1 is 1.35 bits per heavy atom. The summed E-state index contributed by atoms with van der Waals surface area (Å²) in [6.45, 7) is 3.31. The van der Waals surface area contributed by atoms with Crippen LogP contribution < -0.4 is 4.90 Å². The average Bonchev–Trinajstić information content (AvgIpc) is 2.79. The van der Waals surface area contributed by atoms with E-state index in [0.717, 1.165) is 11.8 Å². The second kappa shape index (κ2) is 6.00. The molecule has 0 spiro atoms. The number of anilines is 1. The van der Waals surface area contributed by atoms with Crippen LogP contribution in [0.2, 0.25) is 0 Å². The van der Waals surface area contributed by atoms with E-state index in [4.69, 9.17) is 5.11 Å². The van der Waals surface area contributed by atoms with Gasteiger partial charge in [-0.15, -0.1) is 10.2 Å². The highest BCUT2D eigenvalue weighted by Crippen LogP contribution is 2.22. The summed E-state index contributed by atoms with van der Waals surface area (Å²) >= 11 is 1.11. The van der Waals surface area contributed by atoms with E-state index in [2.05, 4.69) is 10.2 Å². The van der Waals surface area contributed by atoms with E-state index >= 15 is 0 Å². The van der Waals surface area contributed by atoms with E-state index in [-0.39, 0.29) is 17.3 Å². The summed E-state index contributed by atoms with van der Waals surface area (Å²) in [5.74, 6) is -0.156. The van der Waals surface area contributed by atoms with Crippen LogP contribution in [0, 0.1) is 0 Å². The summed E-state index contributed by atoms with van der Waals surface area (Å²) in [6.07, 6.45) is 0. The molecule has 0 aliphatic carbocycles. The van der Waals surface area contributed by atoms with Crippen LogP contribution in [0.3, 0.4) is 0 Å². The summed E-state index contributed by atoms with van der Waals surface area (Å²) in [5, 5.41) is 17.3. The van der Waals surface area contributed by atoms with Crippen molar-refractivity contribution < 1.29 is 18.3 Å². The van der Waals surface area contributed by atoms with Crippen molar-refractivity contribution in [2.45, 2.75) is 18.6 Å². The Bertz CT molecular complexity index is 584. The van der Waals surface area contributed by atoms with Gasteiger partial charge in [-0.3, -0.25) is 9.36 Å². The number of aromatic nitrogens is 3. The highest BCUT2D eigenvalue weighted by Gasteiger charge is 2.25. The van der Waals surface area contributed by atoms with E-state index in [0.29, 0.717) is 30.7 Å². The van der Waals surface area contributed by atoms with Crippen molar-refractivity contribution in [1.82, 2.24) is 14.8 Å². The summed E-state index contributed by atoms with van der Waals surface area (Å²) in [5.41, 5.74) is 0. The molecule has 0 aromatic carbocycles. The van der Waals surface area contributed by atoms with E-state index in [1.165, 1.54) is 0 Å². The number of nitrogens with zero attached hydrogens (tertiary/aromatic N) is 4. The van der Waals surface area contributed by atoms with Crippen LogP contribution in [0.25, 0.3) is 0 Å². The van der Waals surface area contributed by atoms with Crippen molar-refractivity contribution in [2.24, 2.45) is 0 Å². The molecular weight excluding hydrogens is 304 g/mol. The van der Waals surface area contributed by atoms with Crippen LogP contribution in [0.4, 0.5) is 5.95 Å². The van der Waals surface area contributed by atoms with Gasteiger partial charge < -0.3 is 10.0 Å². The van der Waals surface area contributed by atoms with E-state index < -0.39 is 15.8 Å². The van der Waals surface area contributed by atoms with Gasteiger partial charge in [0.05, 0.1) is 17.3 Å². The standard InChI is InChI=1S/C10H16N4O4S2/c1-2-14-9(11-12-10(14)19-7-8(15)16)13-3-5-20(17,18)6-4-13/h2-7H2,1H3,(H,15,16). The molecule has 2 rings (SSSR count). The molecule has 8 nitrogen and oxygen atoms in total. The van der Waals surface area contributed by atoms with Gasteiger partial charge >= 0.3 is 5.97 Å². The molecule has 1 N–H and O–H groups in total. The van der Waals surface area contributed by atoms with Gasteiger partial charge in [0.1, 0.15) is 0 Å². The van der Waals surface area contributed by atoms with E-state index in [1.54, 1.807) is 0 Å². The normalized spacial score (nSPS) is 18.1. The molecule has 1 fully saturated rings. The smallest absolute Gasteiger partial charge is 0.313 e. The molecule has 1 aliphatic heterocycles. The molecule has 1 aromatic heterocycles. The van der Waals surface area contributed by atoms with Crippen LogP contribution in [0.1, 0.15) is 6.92 Å². The molecule has 0 amide bonds. The molecular formula is C10H16N4O4S2. The lowest BCUT2D eigenvalue weighted by atomic mass is 10.5. The topological polar surface area (TPSA) is 105 Å². The number of thioether (sulfide) groups is 1. The Morgan fingerprint density at radius 2 is 2.00 bits per heavy atom. The predicted molar refractivity (Wildman–Crippen MR) is 74.9 cm³/mol. The third-order valence-corrected chi connectivity index (χ3v) is 5.53. The van der Waals surface area contributed by atoms with Crippen LogP contribution in [-0.2, 0) is 21.2 Å². The second-order valence-electron chi connectivity index (χ2n) is 4.35. The molecule has 1 saturated heterocycles. The second-order valence-corrected chi connectivity index (χ2v) is 7.59. The first-order valence-electron chi connectivity index (χ1n) is 6.16. The molecule has 2 heterocycles. The summed E-state index contributed by atoms with van der Waals surface area (Å²) < 4.78 is 24.7. The Balaban J connectivity index is 2.14. The maximum Gasteiger partial charge on any atom is 0.313 e. The van der Waals surface area contributed by atoms with Crippen LogP contribution in [0.15, 0.2) is 5.16 Å². The van der Waals surface area contributed by atoms with Crippen LogP contribution >= 0.6 is 11.8 Å². The van der Waals surface area contributed by atoms with Crippen molar-refractivity contribution in [2.75, 3.05) is 35.2 Å². The zero-order valence-electron chi connectivity index (χ0n) is 11.0. The molecule has 0 atom stereocenters. The molecule has 0 radical (unpaired) electrons. The number of hydrogen-bond donors (Lipinski definition) is 1. The van der Waals surface area contributed by atoms with Gasteiger partial charge in [0.2, 0.25) is 5.95 Å². The number of aliphatic carboxylic acids is 1. The van der Waals surface area contributed by atoms with Gasteiger partial charge in [-0.2, -0.15) is 0 Å². The van der Waals surface area contributed by atoms with Crippen LogP contribution in [-0.4, -0.2) is 64.6 Å². The van der Waals surface area contributed by atoms with Gasteiger partial charge in [0.25, 0.3) is 0 Å². The number of rotatable bonds is 5. The lowest BCUT2D eigenvalue weighted by Gasteiger charge is -2.27. The number of sulfone groups is 1. The highest BCUT2D eigenvalue weighted by molar-refractivity contribution is 7.99. The number of hydrogen-bond acceptors (Lipinski definition) is 7.